The van der Waals surface area contributed by atoms with E-state index in [9.17, 15) is 14.4 Å². The lowest BCUT2D eigenvalue weighted by molar-refractivity contribution is -0.135. The fourth-order valence-electron chi connectivity index (χ4n) is 3.21. The Morgan fingerprint density at radius 1 is 1.21 bits per heavy atom. The van der Waals surface area contributed by atoms with Crippen molar-refractivity contribution in [2.45, 2.75) is 58.7 Å². The molecule has 156 valence electrons. The van der Waals surface area contributed by atoms with Crippen LogP contribution in [-0.4, -0.2) is 39.4 Å². The lowest BCUT2D eigenvalue weighted by Gasteiger charge is -2.20. The van der Waals surface area contributed by atoms with Crippen LogP contribution in [0.4, 0.5) is 10.5 Å². The average molecular weight is 401 g/mol. The van der Waals surface area contributed by atoms with Crippen LogP contribution >= 0.6 is 0 Å². The largest absolute Gasteiger partial charge is 0.425 e. The molecule has 2 heterocycles. The van der Waals surface area contributed by atoms with Crippen LogP contribution in [0.2, 0.25) is 0 Å². The molecule has 2 amide bonds. The first kappa shape index (κ1) is 20.6. The molecular weight excluding hydrogens is 374 g/mol. The summed E-state index contributed by atoms with van der Waals surface area (Å²) < 4.78 is 8.14. The molecule has 0 fully saturated rings. The fourth-order valence-corrected chi connectivity index (χ4v) is 3.21. The number of hydrogen-bond acceptors (Lipinski definition) is 5. The Morgan fingerprint density at radius 2 is 1.93 bits per heavy atom. The van der Waals surface area contributed by atoms with Gasteiger partial charge in [-0.2, -0.15) is 5.10 Å². The maximum absolute atomic E-state index is 12.4. The minimum absolute atomic E-state index is 0.0339. The lowest BCUT2D eigenvalue weighted by Crippen LogP contribution is -2.40. The number of ether oxygens (including phenoxy) is 1. The highest BCUT2D eigenvalue weighted by molar-refractivity contribution is 5.91. The van der Waals surface area contributed by atoms with Gasteiger partial charge in [-0.15, -0.1) is 0 Å². The smallest absolute Gasteiger partial charge is 0.346 e. The van der Waals surface area contributed by atoms with Crippen LogP contribution in [0.25, 0.3) is 0 Å². The number of fused-ring (bicyclic) bond motifs is 1. The number of benzene rings is 1. The summed E-state index contributed by atoms with van der Waals surface area (Å²) in [5, 5.41) is 7.09. The molecule has 0 unspecified atom stereocenters. The molecule has 0 saturated heterocycles. The monoisotopic (exact) mass is 401 g/mol. The molecule has 0 saturated carbocycles. The Balaban J connectivity index is 1.61. The number of nitrogens with one attached hydrogen (secondary N) is 1. The zero-order chi connectivity index (χ0) is 21.0. The Bertz CT molecular complexity index is 929. The van der Waals surface area contributed by atoms with E-state index >= 15 is 0 Å². The van der Waals surface area contributed by atoms with Gasteiger partial charge in [0.2, 0.25) is 0 Å². The summed E-state index contributed by atoms with van der Waals surface area (Å²) >= 11 is 0. The first-order valence-electron chi connectivity index (χ1n) is 9.86. The summed E-state index contributed by atoms with van der Waals surface area (Å²) in [5.41, 5.74) is 0.393. The Kier molecular flexibility index (Phi) is 6.36. The van der Waals surface area contributed by atoms with Crippen LogP contribution in [0.3, 0.4) is 0 Å². The van der Waals surface area contributed by atoms with Gasteiger partial charge in [0.1, 0.15) is 18.1 Å². The van der Waals surface area contributed by atoms with E-state index in [1.54, 1.807) is 35.9 Å². The van der Waals surface area contributed by atoms with Crippen LogP contribution in [0.1, 0.15) is 38.9 Å². The molecule has 1 aromatic carbocycles. The summed E-state index contributed by atoms with van der Waals surface area (Å²) in [7, 11) is 1.66. The zero-order valence-corrected chi connectivity index (χ0v) is 17.1. The van der Waals surface area contributed by atoms with Gasteiger partial charge in [0.05, 0.1) is 0 Å². The van der Waals surface area contributed by atoms with E-state index in [0.717, 1.165) is 31.5 Å². The summed E-state index contributed by atoms with van der Waals surface area (Å²) in [6.07, 6.45) is 3.77. The van der Waals surface area contributed by atoms with Crippen molar-refractivity contribution in [3.05, 3.63) is 40.6 Å². The minimum atomic E-state index is -0.570. The summed E-state index contributed by atoms with van der Waals surface area (Å²) in [6.45, 7) is 4.18. The van der Waals surface area contributed by atoms with E-state index in [1.165, 1.54) is 9.58 Å². The Labute approximate surface area is 169 Å². The number of anilines is 1. The van der Waals surface area contributed by atoms with Crippen LogP contribution in [0.15, 0.2) is 29.1 Å². The molecule has 0 atom stereocenters. The molecule has 29 heavy (non-hydrogen) atoms. The van der Waals surface area contributed by atoms with E-state index in [4.69, 9.17) is 4.74 Å². The quantitative estimate of drug-likeness (QED) is 0.610. The SMILES string of the molecule is CC(C)NC(=O)N(C)c1ccc(OC(=O)Cn2nc3n(c2=O)CCCCC3)cc1. The average Bonchev–Trinajstić information content (AvgIpc) is 2.84. The predicted molar refractivity (Wildman–Crippen MR) is 108 cm³/mol. The molecule has 0 aliphatic carbocycles. The van der Waals surface area contributed by atoms with Gasteiger partial charge in [-0.3, -0.25) is 9.47 Å². The second-order valence-electron chi connectivity index (χ2n) is 7.45. The first-order chi connectivity index (χ1) is 13.8. The number of rotatable bonds is 5. The number of urea groups is 1. The van der Waals surface area contributed by atoms with Crippen molar-refractivity contribution in [2.75, 3.05) is 11.9 Å². The minimum Gasteiger partial charge on any atom is -0.425 e. The highest BCUT2D eigenvalue weighted by atomic mass is 16.5. The summed E-state index contributed by atoms with van der Waals surface area (Å²) in [6, 6.07) is 6.41. The topological polar surface area (TPSA) is 98.5 Å². The van der Waals surface area contributed by atoms with Gasteiger partial charge in [-0.25, -0.2) is 19.1 Å². The van der Waals surface area contributed by atoms with Crippen molar-refractivity contribution >= 4 is 17.7 Å². The molecule has 3 rings (SSSR count). The van der Waals surface area contributed by atoms with Gasteiger partial charge >= 0.3 is 17.7 Å². The number of aromatic nitrogens is 3. The second-order valence-corrected chi connectivity index (χ2v) is 7.45. The Morgan fingerprint density at radius 3 is 2.62 bits per heavy atom. The molecule has 9 heteroatoms. The zero-order valence-electron chi connectivity index (χ0n) is 17.1. The van der Waals surface area contributed by atoms with Crippen molar-refractivity contribution in [3.63, 3.8) is 0 Å². The number of aryl methyl sites for hydroxylation is 1. The van der Waals surface area contributed by atoms with Crippen molar-refractivity contribution in [3.8, 4) is 5.75 Å². The molecule has 0 spiro atoms. The number of carbonyl (C=O) groups is 2. The van der Waals surface area contributed by atoms with Gasteiger partial charge in [-0.05, 0) is 51.0 Å². The summed E-state index contributed by atoms with van der Waals surface area (Å²) in [5.74, 6) is 0.497. The normalized spacial score (nSPS) is 13.5. The van der Waals surface area contributed by atoms with E-state index < -0.39 is 5.97 Å². The van der Waals surface area contributed by atoms with Crippen molar-refractivity contribution < 1.29 is 14.3 Å². The van der Waals surface area contributed by atoms with Crippen LogP contribution in [0, 0.1) is 0 Å². The van der Waals surface area contributed by atoms with Gasteiger partial charge < -0.3 is 10.1 Å². The molecule has 1 aliphatic heterocycles. The third-order valence-corrected chi connectivity index (χ3v) is 4.73. The molecule has 0 radical (unpaired) electrons. The highest BCUT2D eigenvalue weighted by Crippen LogP contribution is 2.19. The molecule has 9 nitrogen and oxygen atoms in total. The second kappa shape index (κ2) is 8.93. The maximum atomic E-state index is 12.4. The third kappa shape index (κ3) is 5.04. The number of carbonyl (C=O) groups excluding carboxylic acids is 2. The molecule has 0 bridgehead atoms. The van der Waals surface area contributed by atoms with Crippen LogP contribution < -0.4 is 20.6 Å². The number of nitrogens with zero attached hydrogens (tertiary/aromatic N) is 4. The van der Waals surface area contributed by atoms with E-state index in [2.05, 4.69) is 10.4 Å². The molecule has 1 aliphatic rings. The Hall–Kier alpha value is -3.10. The molecular formula is C20H27N5O4. The van der Waals surface area contributed by atoms with Gasteiger partial charge in [0.25, 0.3) is 0 Å². The van der Waals surface area contributed by atoms with Gasteiger partial charge in [-0.1, -0.05) is 6.42 Å². The number of hydrogen-bond donors (Lipinski definition) is 1. The lowest BCUT2D eigenvalue weighted by atomic mass is 10.2. The van der Waals surface area contributed by atoms with Gasteiger partial charge in [0.15, 0.2) is 0 Å². The highest BCUT2D eigenvalue weighted by Gasteiger charge is 2.18. The molecule has 1 N–H and O–H groups in total. The summed E-state index contributed by atoms with van der Waals surface area (Å²) in [4.78, 5) is 38.2. The van der Waals surface area contributed by atoms with Crippen molar-refractivity contribution in [2.24, 2.45) is 0 Å². The van der Waals surface area contributed by atoms with E-state index in [-0.39, 0.29) is 24.3 Å². The first-order valence-corrected chi connectivity index (χ1v) is 9.86. The molecule has 2 aromatic rings. The third-order valence-electron chi connectivity index (χ3n) is 4.73. The van der Waals surface area contributed by atoms with E-state index in [1.807, 2.05) is 13.8 Å². The van der Waals surface area contributed by atoms with Crippen molar-refractivity contribution in [1.82, 2.24) is 19.7 Å². The van der Waals surface area contributed by atoms with Crippen LogP contribution in [0.5, 0.6) is 5.75 Å². The fraction of sp³-hybridized carbons (Fsp3) is 0.500. The maximum Gasteiger partial charge on any atom is 0.346 e. The number of esters is 1. The van der Waals surface area contributed by atoms with Crippen LogP contribution in [-0.2, 0) is 24.3 Å². The van der Waals surface area contributed by atoms with Gasteiger partial charge in [0, 0.05) is 31.7 Å². The molecule has 1 aromatic heterocycles. The predicted octanol–water partition coefficient (Wildman–Crippen LogP) is 1.93. The standard InChI is InChI=1S/C20H27N5O4/c1-14(2)21-19(27)23(3)15-8-10-16(11-9-15)29-18(26)13-25-20(28)24-12-6-4-5-7-17(24)22-25/h8-11,14H,4-7,12-13H2,1-3H3,(H,21,27). The number of amides is 2. The van der Waals surface area contributed by atoms with Crippen molar-refractivity contribution in [1.29, 1.82) is 0 Å². The van der Waals surface area contributed by atoms with E-state index in [0.29, 0.717) is 18.0 Å².